The summed E-state index contributed by atoms with van der Waals surface area (Å²) < 4.78 is 5.60. The highest BCUT2D eigenvalue weighted by molar-refractivity contribution is 5.73. The molecule has 0 spiro atoms. The van der Waals surface area contributed by atoms with E-state index in [0.717, 1.165) is 11.3 Å². The molecule has 0 aliphatic carbocycles. The van der Waals surface area contributed by atoms with Crippen molar-refractivity contribution in [2.45, 2.75) is 26.3 Å². The van der Waals surface area contributed by atoms with Crippen LogP contribution in [0.1, 0.15) is 18.9 Å². The number of aliphatic carboxylic acids is 1. The minimum absolute atomic E-state index is 0.439. The molecule has 100 valence electrons. The second-order valence-electron chi connectivity index (χ2n) is 4.41. The number of carboxylic acid groups (broad SMARTS) is 1. The third-order valence-electron chi connectivity index (χ3n) is 2.91. The van der Waals surface area contributed by atoms with Crippen molar-refractivity contribution in [1.82, 2.24) is 4.90 Å². The van der Waals surface area contributed by atoms with Crippen molar-refractivity contribution < 1.29 is 14.6 Å². The Morgan fingerprint density at radius 2 is 2.22 bits per heavy atom. The van der Waals surface area contributed by atoms with E-state index in [1.807, 2.05) is 45.2 Å². The fourth-order valence-electron chi connectivity index (χ4n) is 1.84. The number of rotatable bonds is 7. The largest absolute Gasteiger partial charge is 0.492 e. The molecule has 1 aromatic carbocycles. The molecule has 1 aromatic rings. The molecule has 0 aliphatic rings. The van der Waals surface area contributed by atoms with Crippen molar-refractivity contribution in [3.05, 3.63) is 29.8 Å². The van der Waals surface area contributed by atoms with Gasteiger partial charge in [-0.3, -0.25) is 9.69 Å². The summed E-state index contributed by atoms with van der Waals surface area (Å²) in [4.78, 5) is 12.8. The molecule has 1 rings (SSSR count). The van der Waals surface area contributed by atoms with E-state index in [4.69, 9.17) is 9.84 Å². The van der Waals surface area contributed by atoms with Gasteiger partial charge in [0.05, 0.1) is 0 Å². The molecule has 1 atom stereocenters. The molecular formula is C14H21NO3. The molecule has 0 saturated heterocycles. The van der Waals surface area contributed by atoms with Crippen LogP contribution in [0.15, 0.2) is 24.3 Å². The zero-order valence-corrected chi connectivity index (χ0v) is 11.2. The van der Waals surface area contributed by atoms with Gasteiger partial charge in [0.25, 0.3) is 0 Å². The maximum atomic E-state index is 11.0. The van der Waals surface area contributed by atoms with Crippen LogP contribution in [-0.4, -0.2) is 42.2 Å². The van der Waals surface area contributed by atoms with E-state index >= 15 is 0 Å². The number of nitrogens with zero attached hydrogens (tertiary/aromatic N) is 1. The van der Waals surface area contributed by atoms with Crippen LogP contribution in [0.5, 0.6) is 5.75 Å². The molecule has 0 unspecified atom stereocenters. The van der Waals surface area contributed by atoms with Crippen LogP contribution in [0, 0.1) is 6.92 Å². The molecular weight excluding hydrogens is 230 g/mol. The van der Waals surface area contributed by atoms with E-state index in [1.165, 1.54) is 0 Å². The molecule has 0 amide bonds. The predicted octanol–water partition coefficient (Wildman–Crippen LogP) is 2.17. The Kier molecular flexibility index (Phi) is 5.65. The van der Waals surface area contributed by atoms with Crippen molar-refractivity contribution in [2.24, 2.45) is 0 Å². The van der Waals surface area contributed by atoms with Crippen LogP contribution in [-0.2, 0) is 4.79 Å². The smallest absolute Gasteiger partial charge is 0.320 e. The lowest BCUT2D eigenvalue weighted by Crippen LogP contribution is -2.40. The van der Waals surface area contributed by atoms with Gasteiger partial charge in [0.1, 0.15) is 18.4 Å². The number of benzene rings is 1. The van der Waals surface area contributed by atoms with E-state index in [2.05, 4.69) is 0 Å². The maximum absolute atomic E-state index is 11.0. The zero-order chi connectivity index (χ0) is 13.5. The highest BCUT2D eigenvalue weighted by atomic mass is 16.5. The van der Waals surface area contributed by atoms with Crippen LogP contribution < -0.4 is 4.74 Å². The van der Waals surface area contributed by atoms with Gasteiger partial charge in [-0.05, 0) is 38.1 Å². The Morgan fingerprint density at radius 3 is 2.78 bits per heavy atom. The van der Waals surface area contributed by atoms with Gasteiger partial charge in [-0.15, -0.1) is 0 Å². The quantitative estimate of drug-likeness (QED) is 0.807. The minimum Gasteiger partial charge on any atom is -0.492 e. The summed E-state index contributed by atoms with van der Waals surface area (Å²) in [5.41, 5.74) is 1.15. The molecule has 0 aromatic heterocycles. The van der Waals surface area contributed by atoms with Gasteiger partial charge in [-0.25, -0.2) is 0 Å². The molecule has 4 nitrogen and oxygen atoms in total. The Hall–Kier alpha value is -1.55. The summed E-state index contributed by atoms with van der Waals surface area (Å²) in [7, 11) is 1.81. The lowest BCUT2D eigenvalue weighted by atomic mass is 10.2. The van der Waals surface area contributed by atoms with Crippen LogP contribution in [0.4, 0.5) is 0 Å². The lowest BCUT2D eigenvalue weighted by Gasteiger charge is -2.23. The molecule has 0 heterocycles. The molecule has 0 radical (unpaired) electrons. The number of carboxylic acids is 1. The molecule has 0 saturated carbocycles. The standard InChI is InChI=1S/C14H21NO3/c1-4-13(14(16)17)15(3)8-9-18-12-7-5-6-11(2)10-12/h5-7,10,13H,4,8-9H2,1-3H3,(H,16,17)/t13-/m1/s1. The van der Waals surface area contributed by atoms with Crippen molar-refractivity contribution in [1.29, 1.82) is 0 Å². The highest BCUT2D eigenvalue weighted by Crippen LogP contribution is 2.12. The summed E-state index contributed by atoms with van der Waals surface area (Å²) in [6, 6.07) is 7.39. The van der Waals surface area contributed by atoms with Gasteiger partial charge in [0.15, 0.2) is 0 Å². The first-order valence-corrected chi connectivity index (χ1v) is 6.17. The van der Waals surface area contributed by atoms with Gasteiger partial charge in [-0.1, -0.05) is 19.1 Å². The summed E-state index contributed by atoms with van der Waals surface area (Å²) >= 11 is 0. The first kappa shape index (κ1) is 14.5. The topological polar surface area (TPSA) is 49.8 Å². The number of hydrogen-bond acceptors (Lipinski definition) is 3. The lowest BCUT2D eigenvalue weighted by molar-refractivity contribution is -0.143. The van der Waals surface area contributed by atoms with Crippen molar-refractivity contribution >= 4 is 5.97 Å². The second kappa shape index (κ2) is 7.01. The first-order chi connectivity index (χ1) is 8.54. The molecule has 0 fully saturated rings. The number of hydrogen-bond donors (Lipinski definition) is 1. The van der Waals surface area contributed by atoms with Gasteiger partial charge in [-0.2, -0.15) is 0 Å². The van der Waals surface area contributed by atoms with Crippen molar-refractivity contribution in [3.8, 4) is 5.75 Å². The molecule has 4 heteroatoms. The Bertz CT molecular complexity index is 392. The molecule has 0 aliphatic heterocycles. The van der Waals surface area contributed by atoms with Crippen molar-refractivity contribution in [3.63, 3.8) is 0 Å². The van der Waals surface area contributed by atoms with E-state index in [1.54, 1.807) is 4.90 Å². The summed E-state index contributed by atoms with van der Waals surface area (Å²) in [6.07, 6.45) is 0.594. The van der Waals surface area contributed by atoms with Gasteiger partial charge >= 0.3 is 5.97 Å². The number of ether oxygens (including phenoxy) is 1. The molecule has 18 heavy (non-hydrogen) atoms. The Labute approximate surface area is 108 Å². The third-order valence-corrected chi connectivity index (χ3v) is 2.91. The summed E-state index contributed by atoms with van der Waals surface area (Å²) in [6.45, 7) is 4.97. The average molecular weight is 251 g/mol. The van der Waals surface area contributed by atoms with Crippen LogP contribution in [0.3, 0.4) is 0 Å². The van der Waals surface area contributed by atoms with Gasteiger partial charge in [0, 0.05) is 6.54 Å². The summed E-state index contributed by atoms with van der Waals surface area (Å²) in [5.74, 6) is 0.0438. The third kappa shape index (κ3) is 4.37. The van der Waals surface area contributed by atoms with Crippen molar-refractivity contribution in [2.75, 3.05) is 20.2 Å². The maximum Gasteiger partial charge on any atom is 0.320 e. The Balaban J connectivity index is 2.39. The van der Waals surface area contributed by atoms with E-state index in [0.29, 0.717) is 19.6 Å². The minimum atomic E-state index is -0.782. The molecule has 1 N–H and O–H groups in total. The van der Waals surface area contributed by atoms with Gasteiger partial charge < -0.3 is 9.84 Å². The normalized spacial score (nSPS) is 12.4. The first-order valence-electron chi connectivity index (χ1n) is 6.17. The second-order valence-corrected chi connectivity index (χ2v) is 4.41. The monoisotopic (exact) mass is 251 g/mol. The number of likely N-dealkylation sites (N-methyl/N-ethyl adjacent to an activating group) is 1. The number of aryl methyl sites for hydroxylation is 1. The van der Waals surface area contributed by atoms with E-state index < -0.39 is 12.0 Å². The summed E-state index contributed by atoms with van der Waals surface area (Å²) in [5, 5.41) is 9.01. The fourth-order valence-corrected chi connectivity index (χ4v) is 1.84. The predicted molar refractivity (Wildman–Crippen MR) is 71.0 cm³/mol. The van der Waals surface area contributed by atoms with Crippen LogP contribution >= 0.6 is 0 Å². The number of carbonyl (C=O) groups is 1. The fraction of sp³-hybridized carbons (Fsp3) is 0.500. The van der Waals surface area contributed by atoms with E-state index in [-0.39, 0.29) is 0 Å². The van der Waals surface area contributed by atoms with Crippen LogP contribution in [0.2, 0.25) is 0 Å². The average Bonchev–Trinajstić information content (AvgIpc) is 2.29. The SMILES string of the molecule is CC[C@H](C(=O)O)N(C)CCOc1cccc(C)c1. The van der Waals surface area contributed by atoms with Gasteiger partial charge in [0.2, 0.25) is 0 Å². The van der Waals surface area contributed by atoms with E-state index in [9.17, 15) is 4.79 Å². The molecule has 0 bridgehead atoms. The Morgan fingerprint density at radius 1 is 1.50 bits per heavy atom. The zero-order valence-electron chi connectivity index (χ0n) is 11.2. The highest BCUT2D eigenvalue weighted by Gasteiger charge is 2.19. The van der Waals surface area contributed by atoms with Crippen LogP contribution in [0.25, 0.3) is 0 Å².